The van der Waals surface area contributed by atoms with Crippen molar-refractivity contribution >= 4 is 18.0 Å². The molecule has 0 aromatic carbocycles. The standard InChI is InChI=1S/C22H30N10/c1-8-12-26-20(32(22(5,6)7)16(4)28-21(24)25-9-2)19-18(11-10-17(13-23)29-19)31-14-27-15(3)30-31/h8-11,14,16H,1,12H2,2-7H3,(H2,24,28). The van der Waals surface area contributed by atoms with Gasteiger partial charge in [-0.25, -0.2) is 24.6 Å². The first-order valence-corrected chi connectivity index (χ1v) is 10.2. The number of aromatic nitrogens is 4. The maximum atomic E-state index is 9.50. The van der Waals surface area contributed by atoms with Gasteiger partial charge in [-0.1, -0.05) is 6.08 Å². The molecule has 0 saturated carbocycles. The highest BCUT2D eigenvalue weighted by Crippen LogP contribution is 2.25. The molecule has 0 fully saturated rings. The van der Waals surface area contributed by atoms with Gasteiger partial charge in [0, 0.05) is 11.8 Å². The predicted molar refractivity (Wildman–Crippen MR) is 127 cm³/mol. The van der Waals surface area contributed by atoms with Crippen LogP contribution in [0.5, 0.6) is 0 Å². The second-order valence-corrected chi connectivity index (χ2v) is 7.91. The molecule has 2 N–H and O–H groups in total. The highest BCUT2D eigenvalue weighted by atomic mass is 15.4. The van der Waals surface area contributed by atoms with Crippen LogP contribution in [-0.4, -0.2) is 60.9 Å². The minimum Gasteiger partial charge on any atom is -0.368 e. The predicted octanol–water partition coefficient (Wildman–Crippen LogP) is 2.63. The maximum Gasteiger partial charge on any atom is 0.217 e. The van der Waals surface area contributed by atoms with Crippen LogP contribution in [0.4, 0.5) is 0 Å². The molecular formula is C22H30N10. The number of pyridine rings is 1. The van der Waals surface area contributed by atoms with E-state index in [1.54, 1.807) is 49.3 Å². The van der Waals surface area contributed by atoms with Crippen molar-refractivity contribution in [3.05, 3.63) is 48.3 Å². The topological polar surface area (TPSA) is 134 Å². The number of aryl methyl sites for hydroxylation is 1. The molecule has 0 aliphatic carbocycles. The zero-order valence-electron chi connectivity index (χ0n) is 19.5. The summed E-state index contributed by atoms with van der Waals surface area (Å²) in [6.07, 6.45) is 4.45. The van der Waals surface area contributed by atoms with Gasteiger partial charge in [0.15, 0.2) is 5.84 Å². The lowest BCUT2D eigenvalue weighted by atomic mass is 10.0. The van der Waals surface area contributed by atoms with E-state index in [0.717, 1.165) is 0 Å². The lowest BCUT2D eigenvalue weighted by Crippen LogP contribution is -2.51. The Labute approximate surface area is 188 Å². The highest BCUT2D eigenvalue weighted by Gasteiger charge is 2.33. The van der Waals surface area contributed by atoms with Crippen LogP contribution in [0.2, 0.25) is 0 Å². The summed E-state index contributed by atoms with van der Waals surface area (Å²) in [6, 6.07) is 5.52. The van der Waals surface area contributed by atoms with E-state index in [1.807, 2.05) is 32.6 Å². The SMILES string of the molecule is C=CCN=C(c1nc(C#N)ccc1-n1cnc(C)n1)N(C(C)N=C(N)N=CC)C(C)(C)C. The van der Waals surface area contributed by atoms with Gasteiger partial charge < -0.3 is 10.6 Å². The van der Waals surface area contributed by atoms with Crippen LogP contribution in [0.3, 0.4) is 0 Å². The molecule has 1 atom stereocenters. The fraction of sp³-hybridized carbons (Fsp3) is 0.409. The van der Waals surface area contributed by atoms with Crippen LogP contribution in [0, 0.1) is 18.3 Å². The van der Waals surface area contributed by atoms with Gasteiger partial charge in [0.25, 0.3) is 0 Å². The van der Waals surface area contributed by atoms with E-state index in [-0.39, 0.29) is 11.7 Å². The molecule has 32 heavy (non-hydrogen) atoms. The minimum atomic E-state index is -0.432. The Morgan fingerprint density at radius 2 is 2.12 bits per heavy atom. The number of nitrogens with zero attached hydrogens (tertiary/aromatic N) is 9. The molecule has 10 nitrogen and oxygen atoms in total. The van der Waals surface area contributed by atoms with E-state index in [2.05, 4.69) is 37.7 Å². The number of guanidine groups is 1. The first-order valence-electron chi connectivity index (χ1n) is 10.2. The molecule has 2 rings (SSSR count). The number of hydrogen-bond acceptors (Lipinski definition) is 6. The maximum absolute atomic E-state index is 9.50. The van der Waals surface area contributed by atoms with Gasteiger partial charge in [-0.05, 0) is 53.7 Å². The van der Waals surface area contributed by atoms with Crippen LogP contribution in [0.15, 0.2) is 46.1 Å². The molecular weight excluding hydrogens is 404 g/mol. The average molecular weight is 435 g/mol. The summed E-state index contributed by atoms with van der Waals surface area (Å²) in [6.45, 7) is 15.7. The Kier molecular flexibility index (Phi) is 7.96. The molecule has 0 aliphatic rings. The third-order valence-electron chi connectivity index (χ3n) is 4.33. The Morgan fingerprint density at radius 1 is 1.41 bits per heavy atom. The largest absolute Gasteiger partial charge is 0.368 e. The second kappa shape index (κ2) is 10.4. The molecule has 2 heterocycles. The van der Waals surface area contributed by atoms with E-state index in [4.69, 9.17) is 10.7 Å². The van der Waals surface area contributed by atoms with Gasteiger partial charge in [0.2, 0.25) is 5.96 Å². The summed E-state index contributed by atoms with van der Waals surface area (Å²) in [5, 5.41) is 13.9. The number of rotatable bonds is 6. The summed E-state index contributed by atoms with van der Waals surface area (Å²) in [7, 11) is 0. The third kappa shape index (κ3) is 5.85. The van der Waals surface area contributed by atoms with Gasteiger partial charge in [-0.15, -0.1) is 6.58 Å². The van der Waals surface area contributed by atoms with Gasteiger partial charge in [0.05, 0.1) is 12.2 Å². The smallest absolute Gasteiger partial charge is 0.217 e. The van der Waals surface area contributed by atoms with E-state index < -0.39 is 11.7 Å². The lowest BCUT2D eigenvalue weighted by Gasteiger charge is -2.41. The highest BCUT2D eigenvalue weighted by molar-refractivity contribution is 6.01. The van der Waals surface area contributed by atoms with Crippen LogP contribution in [0.1, 0.15) is 51.8 Å². The molecule has 2 aromatic heterocycles. The van der Waals surface area contributed by atoms with E-state index in [0.29, 0.717) is 29.6 Å². The van der Waals surface area contributed by atoms with Crippen LogP contribution in [0.25, 0.3) is 5.69 Å². The first-order chi connectivity index (χ1) is 15.1. The van der Waals surface area contributed by atoms with Crippen molar-refractivity contribution < 1.29 is 0 Å². The summed E-state index contributed by atoms with van der Waals surface area (Å²) < 4.78 is 1.62. The molecule has 0 spiro atoms. The normalized spacial score (nSPS) is 13.8. The van der Waals surface area contributed by atoms with Crippen LogP contribution < -0.4 is 5.73 Å². The van der Waals surface area contributed by atoms with Crippen molar-refractivity contribution in [2.24, 2.45) is 20.7 Å². The average Bonchev–Trinajstić information content (AvgIpc) is 3.15. The number of amidine groups is 1. The number of nitriles is 1. The van der Waals surface area contributed by atoms with Crippen molar-refractivity contribution in [3.63, 3.8) is 0 Å². The van der Waals surface area contributed by atoms with Crippen molar-refractivity contribution in [3.8, 4) is 11.8 Å². The van der Waals surface area contributed by atoms with Crippen molar-refractivity contribution in [2.75, 3.05) is 6.54 Å². The molecule has 2 aromatic rings. The van der Waals surface area contributed by atoms with Crippen LogP contribution >= 0.6 is 0 Å². The zero-order chi connectivity index (χ0) is 23.9. The fourth-order valence-corrected chi connectivity index (χ4v) is 3.21. The van der Waals surface area contributed by atoms with Crippen molar-refractivity contribution in [1.29, 1.82) is 5.26 Å². The lowest BCUT2D eigenvalue weighted by molar-refractivity contribution is 0.189. The van der Waals surface area contributed by atoms with Gasteiger partial charge in [-0.3, -0.25) is 4.99 Å². The summed E-state index contributed by atoms with van der Waals surface area (Å²) in [5.74, 6) is 1.30. The number of hydrogen-bond donors (Lipinski definition) is 1. The summed E-state index contributed by atoms with van der Waals surface area (Å²) in [5.41, 5.74) is 6.90. The van der Waals surface area contributed by atoms with E-state index >= 15 is 0 Å². The molecule has 168 valence electrons. The monoisotopic (exact) mass is 434 g/mol. The Bertz CT molecular complexity index is 1080. The first kappa shape index (κ1) is 24.4. The van der Waals surface area contributed by atoms with Gasteiger partial charge in [0.1, 0.15) is 35.8 Å². The van der Waals surface area contributed by atoms with Crippen LogP contribution in [-0.2, 0) is 0 Å². The van der Waals surface area contributed by atoms with Gasteiger partial charge in [-0.2, -0.15) is 10.4 Å². The molecule has 10 heteroatoms. The third-order valence-corrected chi connectivity index (χ3v) is 4.33. The van der Waals surface area contributed by atoms with E-state index in [9.17, 15) is 5.26 Å². The number of nitrogens with two attached hydrogens (primary N) is 1. The second-order valence-electron chi connectivity index (χ2n) is 7.91. The molecule has 0 amide bonds. The molecule has 0 bridgehead atoms. The number of aliphatic imine (C=N–C) groups is 3. The van der Waals surface area contributed by atoms with Gasteiger partial charge >= 0.3 is 0 Å². The fourth-order valence-electron chi connectivity index (χ4n) is 3.21. The zero-order valence-corrected chi connectivity index (χ0v) is 19.5. The van der Waals surface area contributed by atoms with Crippen molar-refractivity contribution in [2.45, 2.75) is 53.2 Å². The van der Waals surface area contributed by atoms with E-state index in [1.165, 1.54) is 0 Å². The Hall–Kier alpha value is -3.87. The summed E-state index contributed by atoms with van der Waals surface area (Å²) >= 11 is 0. The van der Waals surface area contributed by atoms with Crippen molar-refractivity contribution in [1.82, 2.24) is 24.6 Å². The Morgan fingerprint density at radius 3 is 2.66 bits per heavy atom. The summed E-state index contributed by atoms with van der Waals surface area (Å²) in [4.78, 5) is 24.2. The Balaban J connectivity index is 2.80. The molecule has 0 aliphatic heterocycles. The molecule has 1 unspecified atom stereocenters. The minimum absolute atomic E-state index is 0.156. The quantitative estimate of drug-likeness (QED) is 0.422. The molecule has 0 radical (unpaired) electrons. The molecule has 0 saturated heterocycles.